The number of halogens is 3. The number of nitrogens with one attached hydrogen (secondary N) is 2. The van der Waals surface area contributed by atoms with E-state index < -0.39 is 29.6 Å². The van der Waals surface area contributed by atoms with E-state index in [9.17, 15) is 22.8 Å². The van der Waals surface area contributed by atoms with Crippen molar-refractivity contribution >= 4 is 28.3 Å². The lowest BCUT2D eigenvalue weighted by Gasteiger charge is -2.19. The number of alkyl halides is 3. The molecule has 0 bridgehead atoms. The summed E-state index contributed by atoms with van der Waals surface area (Å²) in [6, 6.07) is 25.2. The van der Waals surface area contributed by atoms with Gasteiger partial charge >= 0.3 is 6.18 Å². The molecular weight excluding hydrogens is 441 g/mol. The number of carbonyl (C=O) groups excluding carboxylic acids is 2. The molecule has 172 valence electrons. The molecule has 1 unspecified atom stereocenters. The number of carbonyl (C=O) groups is 2. The fraction of sp³-hybridized carbons (Fsp3) is 0.111. The smallest absolute Gasteiger partial charge is 0.340 e. The molecule has 0 aromatic heterocycles. The van der Waals surface area contributed by atoms with Gasteiger partial charge in [-0.25, -0.2) is 0 Å². The van der Waals surface area contributed by atoms with Crippen LogP contribution in [-0.2, 0) is 17.4 Å². The molecule has 7 heteroatoms. The van der Waals surface area contributed by atoms with E-state index in [1.54, 1.807) is 12.1 Å². The Bertz CT molecular complexity index is 1300. The topological polar surface area (TPSA) is 58.2 Å². The minimum Gasteiger partial charge on any atom is -0.340 e. The van der Waals surface area contributed by atoms with Crippen LogP contribution >= 0.6 is 0 Å². The summed E-state index contributed by atoms with van der Waals surface area (Å²) in [5, 5.41) is 7.06. The van der Waals surface area contributed by atoms with Gasteiger partial charge in [0.25, 0.3) is 5.91 Å². The Balaban J connectivity index is 1.57. The first-order valence-corrected chi connectivity index (χ1v) is 10.6. The Kier molecular flexibility index (Phi) is 6.63. The first kappa shape index (κ1) is 23.0. The Morgan fingerprint density at radius 2 is 1.41 bits per heavy atom. The molecule has 0 fully saturated rings. The summed E-state index contributed by atoms with van der Waals surface area (Å²) in [4.78, 5) is 26.2. The SMILES string of the molecule is O=C(NC(Cc1ccccc1)C(=O)Nc1ccc(C(F)(F)F)cc1)c1cccc2ccccc12. The second-order valence-electron chi connectivity index (χ2n) is 7.81. The van der Waals surface area contributed by atoms with E-state index in [1.165, 1.54) is 12.1 Å². The van der Waals surface area contributed by atoms with Crippen LogP contribution in [0.15, 0.2) is 97.1 Å². The van der Waals surface area contributed by atoms with E-state index in [4.69, 9.17) is 0 Å². The average Bonchev–Trinajstić information content (AvgIpc) is 2.83. The van der Waals surface area contributed by atoms with E-state index in [-0.39, 0.29) is 12.1 Å². The van der Waals surface area contributed by atoms with Crippen LogP contribution in [0.1, 0.15) is 21.5 Å². The fourth-order valence-electron chi connectivity index (χ4n) is 3.69. The van der Waals surface area contributed by atoms with Gasteiger partial charge in [-0.1, -0.05) is 66.7 Å². The number of fused-ring (bicyclic) bond motifs is 1. The van der Waals surface area contributed by atoms with Crippen LogP contribution in [0.4, 0.5) is 18.9 Å². The highest BCUT2D eigenvalue weighted by atomic mass is 19.4. The molecule has 2 amide bonds. The normalized spacial score (nSPS) is 12.2. The maximum Gasteiger partial charge on any atom is 0.416 e. The fourth-order valence-corrected chi connectivity index (χ4v) is 3.69. The summed E-state index contributed by atoms with van der Waals surface area (Å²) in [6.07, 6.45) is -4.26. The van der Waals surface area contributed by atoms with Crippen LogP contribution < -0.4 is 10.6 Å². The molecule has 2 N–H and O–H groups in total. The number of amides is 2. The maximum atomic E-state index is 13.2. The zero-order valence-corrected chi connectivity index (χ0v) is 18.0. The highest BCUT2D eigenvalue weighted by Gasteiger charge is 2.30. The molecule has 0 aliphatic carbocycles. The number of rotatable bonds is 6. The number of hydrogen-bond acceptors (Lipinski definition) is 2. The standard InChI is InChI=1S/C27H21F3N2O2/c28-27(29,30)20-13-15-21(16-14-20)31-26(34)24(17-18-7-2-1-3-8-18)32-25(33)23-12-6-10-19-9-4-5-11-22(19)23/h1-16,24H,17H2,(H,31,34)(H,32,33). The van der Waals surface area contributed by atoms with Crippen LogP contribution in [0, 0.1) is 0 Å². The van der Waals surface area contributed by atoms with Crippen LogP contribution in [0.3, 0.4) is 0 Å². The van der Waals surface area contributed by atoms with E-state index in [1.807, 2.05) is 60.7 Å². The molecule has 0 aliphatic heterocycles. The molecule has 4 aromatic carbocycles. The molecule has 34 heavy (non-hydrogen) atoms. The van der Waals surface area contributed by atoms with E-state index in [0.717, 1.165) is 28.5 Å². The van der Waals surface area contributed by atoms with Gasteiger partial charge in [0.1, 0.15) is 6.04 Å². The number of anilines is 1. The molecule has 0 spiro atoms. The van der Waals surface area contributed by atoms with Crippen molar-refractivity contribution in [1.82, 2.24) is 5.32 Å². The zero-order valence-electron chi connectivity index (χ0n) is 18.0. The summed E-state index contributed by atoms with van der Waals surface area (Å²) in [5.41, 5.74) is 0.651. The van der Waals surface area contributed by atoms with Crippen LogP contribution in [0.2, 0.25) is 0 Å². The first-order valence-electron chi connectivity index (χ1n) is 10.6. The molecular formula is C27H21F3N2O2. The van der Waals surface area contributed by atoms with Gasteiger partial charge in [-0.15, -0.1) is 0 Å². The van der Waals surface area contributed by atoms with Gasteiger partial charge in [-0.3, -0.25) is 9.59 Å². The van der Waals surface area contributed by atoms with Crippen molar-refractivity contribution < 1.29 is 22.8 Å². The van der Waals surface area contributed by atoms with Crippen molar-refractivity contribution in [2.75, 3.05) is 5.32 Å². The second-order valence-corrected chi connectivity index (χ2v) is 7.81. The summed E-state index contributed by atoms with van der Waals surface area (Å²) < 4.78 is 38.5. The molecule has 0 heterocycles. The highest BCUT2D eigenvalue weighted by Crippen LogP contribution is 2.30. The van der Waals surface area contributed by atoms with Crippen molar-refractivity contribution in [2.45, 2.75) is 18.6 Å². The minimum absolute atomic E-state index is 0.204. The Morgan fingerprint density at radius 1 is 0.765 bits per heavy atom. The lowest BCUT2D eigenvalue weighted by molar-refractivity contribution is -0.137. The lowest BCUT2D eigenvalue weighted by atomic mass is 10.0. The quantitative estimate of drug-likeness (QED) is 0.378. The average molecular weight is 462 g/mol. The second kappa shape index (κ2) is 9.79. The molecule has 0 aliphatic rings. The molecule has 0 radical (unpaired) electrons. The van der Waals surface area contributed by atoms with Crippen LogP contribution in [0.25, 0.3) is 10.8 Å². The monoisotopic (exact) mass is 462 g/mol. The van der Waals surface area contributed by atoms with Crippen LogP contribution in [-0.4, -0.2) is 17.9 Å². The summed E-state index contributed by atoms with van der Waals surface area (Å²) >= 11 is 0. The van der Waals surface area contributed by atoms with Gasteiger partial charge in [-0.05, 0) is 46.7 Å². The zero-order chi connectivity index (χ0) is 24.1. The predicted molar refractivity (Wildman–Crippen MR) is 125 cm³/mol. The third-order valence-corrected chi connectivity index (χ3v) is 5.42. The molecule has 4 aromatic rings. The van der Waals surface area contributed by atoms with Gasteiger partial charge in [0.15, 0.2) is 0 Å². The Morgan fingerprint density at radius 3 is 2.12 bits per heavy atom. The van der Waals surface area contributed by atoms with Crippen molar-refractivity contribution in [1.29, 1.82) is 0 Å². The Hall–Kier alpha value is -4.13. The van der Waals surface area contributed by atoms with E-state index in [2.05, 4.69) is 10.6 Å². The van der Waals surface area contributed by atoms with Crippen LogP contribution in [0.5, 0.6) is 0 Å². The molecule has 0 saturated carbocycles. The van der Waals surface area contributed by atoms with Crippen molar-refractivity contribution in [3.63, 3.8) is 0 Å². The van der Waals surface area contributed by atoms with Gasteiger partial charge in [0.2, 0.25) is 5.91 Å². The summed E-state index contributed by atoms with van der Waals surface area (Å²) in [7, 11) is 0. The van der Waals surface area contributed by atoms with E-state index >= 15 is 0 Å². The summed E-state index contributed by atoms with van der Waals surface area (Å²) in [6.45, 7) is 0. The summed E-state index contributed by atoms with van der Waals surface area (Å²) in [5.74, 6) is -0.947. The van der Waals surface area contributed by atoms with Gasteiger partial charge in [0, 0.05) is 17.7 Å². The lowest BCUT2D eigenvalue weighted by Crippen LogP contribution is -2.45. The minimum atomic E-state index is -4.47. The largest absolute Gasteiger partial charge is 0.416 e. The molecule has 4 nitrogen and oxygen atoms in total. The van der Waals surface area contributed by atoms with Crippen molar-refractivity contribution in [3.05, 3.63) is 114 Å². The van der Waals surface area contributed by atoms with Crippen molar-refractivity contribution in [3.8, 4) is 0 Å². The molecule has 4 rings (SSSR count). The first-order chi connectivity index (χ1) is 16.3. The molecule has 1 atom stereocenters. The number of benzene rings is 4. The van der Waals surface area contributed by atoms with Gasteiger partial charge in [0.05, 0.1) is 5.56 Å². The molecule has 0 saturated heterocycles. The van der Waals surface area contributed by atoms with Gasteiger partial charge < -0.3 is 10.6 Å². The third kappa shape index (κ3) is 5.43. The Labute approximate surface area is 194 Å². The maximum absolute atomic E-state index is 13.2. The van der Waals surface area contributed by atoms with E-state index in [0.29, 0.717) is 5.56 Å². The highest BCUT2D eigenvalue weighted by molar-refractivity contribution is 6.09. The third-order valence-electron chi connectivity index (χ3n) is 5.42. The number of hydrogen-bond donors (Lipinski definition) is 2. The predicted octanol–water partition coefficient (Wildman–Crippen LogP) is 5.84. The van der Waals surface area contributed by atoms with Gasteiger partial charge in [-0.2, -0.15) is 13.2 Å². The van der Waals surface area contributed by atoms with Crippen molar-refractivity contribution in [2.24, 2.45) is 0 Å².